The second-order valence-electron chi connectivity index (χ2n) is 6.81. The Balaban J connectivity index is 1.48. The predicted molar refractivity (Wildman–Crippen MR) is 108 cm³/mol. The van der Waals surface area contributed by atoms with Gasteiger partial charge in [0.2, 0.25) is 0 Å². The quantitative estimate of drug-likeness (QED) is 0.623. The van der Waals surface area contributed by atoms with Gasteiger partial charge < -0.3 is 20.3 Å². The average Bonchev–Trinajstić information content (AvgIpc) is 3.20. The molecule has 2 aromatic rings. The van der Waals surface area contributed by atoms with Crippen molar-refractivity contribution in [2.24, 2.45) is 16.6 Å². The minimum atomic E-state index is 0.523. The Morgan fingerprint density at radius 1 is 1.23 bits per heavy atom. The highest BCUT2D eigenvalue weighted by molar-refractivity contribution is 7.13. The molecular formula is C19H27N5OS. The Kier molecular flexibility index (Phi) is 6.33. The zero-order valence-electron chi connectivity index (χ0n) is 15.5. The molecule has 0 radical (unpaired) electrons. The van der Waals surface area contributed by atoms with Crippen LogP contribution in [-0.2, 0) is 6.54 Å². The number of ether oxygens (including phenoxy) is 1. The molecule has 3 rings (SSSR count). The lowest BCUT2D eigenvalue weighted by molar-refractivity contribution is 0.271. The first-order valence-electron chi connectivity index (χ1n) is 9.03. The maximum Gasteiger partial charge on any atom is 0.191 e. The number of piperazine rings is 1. The Bertz CT molecular complexity index is 691. The van der Waals surface area contributed by atoms with Gasteiger partial charge in [0.1, 0.15) is 5.75 Å². The van der Waals surface area contributed by atoms with Crippen LogP contribution < -0.4 is 15.4 Å². The summed E-state index contributed by atoms with van der Waals surface area (Å²) in [6.07, 6.45) is 1.85. The highest BCUT2D eigenvalue weighted by Crippen LogP contribution is 2.19. The lowest BCUT2D eigenvalue weighted by Gasteiger charge is -2.35. The zero-order valence-corrected chi connectivity index (χ0v) is 16.3. The third-order valence-corrected chi connectivity index (χ3v) is 5.06. The summed E-state index contributed by atoms with van der Waals surface area (Å²) < 4.78 is 5.71. The van der Waals surface area contributed by atoms with Gasteiger partial charge in [0.15, 0.2) is 11.1 Å². The van der Waals surface area contributed by atoms with E-state index in [2.05, 4.69) is 33.6 Å². The average molecular weight is 374 g/mol. The van der Waals surface area contributed by atoms with E-state index in [1.54, 1.807) is 11.3 Å². The summed E-state index contributed by atoms with van der Waals surface area (Å²) in [6.45, 7) is 9.19. The summed E-state index contributed by atoms with van der Waals surface area (Å²) in [7, 11) is 0. The molecule has 26 heavy (non-hydrogen) atoms. The first-order chi connectivity index (χ1) is 12.6. The van der Waals surface area contributed by atoms with E-state index >= 15 is 0 Å². The Labute approximate surface area is 159 Å². The SMILES string of the molecule is CC(C)COc1ccc(CN=C(N)N2CCN(c3nccs3)CC2)cc1. The van der Waals surface area contributed by atoms with Crippen LogP contribution in [0.3, 0.4) is 0 Å². The molecule has 0 aliphatic carbocycles. The summed E-state index contributed by atoms with van der Waals surface area (Å²) in [5.41, 5.74) is 7.32. The number of guanidine groups is 1. The van der Waals surface area contributed by atoms with Crippen LogP contribution in [0.15, 0.2) is 40.8 Å². The number of hydrogen-bond acceptors (Lipinski definition) is 5. The minimum Gasteiger partial charge on any atom is -0.493 e. The Morgan fingerprint density at radius 3 is 2.58 bits per heavy atom. The molecule has 0 spiro atoms. The number of aliphatic imine (C=N–C) groups is 1. The maximum atomic E-state index is 6.19. The summed E-state index contributed by atoms with van der Waals surface area (Å²) in [5, 5.41) is 3.09. The normalized spacial score (nSPS) is 15.6. The molecule has 2 N–H and O–H groups in total. The molecule has 7 heteroatoms. The van der Waals surface area contributed by atoms with Gasteiger partial charge in [-0.25, -0.2) is 9.98 Å². The number of nitrogens with zero attached hydrogens (tertiary/aromatic N) is 4. The number of benzene rings is 1. The molecule has 2 heterocycles. The van der Waals surface area contributed by atoms with Crippen molar-refractivity contribution >= 4 is 22.4 Å². The lowest BCUT2D eigenvalue weighted by Crippen LogP contribution is -2.51. The second kappa shape index (κ2) is 8.89. The molecule has 0 bridgehead atoms. The highest BCUT2D eigenvalue weighted by Gasteiger charge is 2.19. The first kappa shape index (κ1) is 18.5. The van der Waals surface area contributed by atoms with Crippen molar-refractivity contribution in [2.45, 2.75) is 20.4 Å². The number of anilines is 1. The van der Waals surface area contributed by atoms with Crippen LogP contribution in [0, 0.1) is 5.92 Å². The van der Waals surface area contributed by atoms with Gasteiger partial charge in [-0.2, -0.15) is 0 Å². The van der Waals surface area contributed by atoms with Crippen molar-refractivity contribution in [1.82, 2.24) is 9.88 Å². The van der Waals surface area contributed by atoms with Crippen molar-refractivity contribution in [3.63, 3.8) is 0 Å². The van der Waals surface area contributed by atoms with Crippen molar-refractivity contribution in [2.75, 3.05) is 37.7 Å². The number of nitrogens with two attached hydrogens (primary N) is 1. The molecule has 0 saturated carbocycles. The van der Waals surface area contributed by atoms with Crippen LogP contribution in [0.2, 0.25) is 0 Å². The van der Waals surface area contributed by atoms with Gasteiger partial charge in [-0.05, 0) is 23.6 Å². The van der Waals surface area contributed by atoms with Crippen LogP contribution in [0.4, 0.5) is 5.13 Å². The molecule has 1 fully saturated rings. The summed E-state index contributed by atoms with van der Waals surface area (Å²) in [4.78, 5) is 13.4. The van der Waals surface area contributed by atoms with E-state index in [-0.39, 0.29) is 0 Å². The van der Waals surface area contributed by atoms with Gasteiger partial charge in [0.05, 0.1) is 13.2 Å². The highest BCUT2D eigenvalue weighted by atomic mass is 32.1. The molecule has 1 aromatic heterocycles. The Morgan fingerprint density at radius 2 is 1.96 bits per heavy atom. The van der Waals surface area contributed by atoms with Gasteiger partial charge in [-0.3, -0.25) is 0 Å². The van der Waals surface area contributed by atoms with E-state index in [0.29, 0.717) is 18.4 Å². The molecule has 6 nitrogen and oxygen atoms in total. The molecule has 1 aliphatic rings. The van der Waals surface area contributed by atoms with Gasteiger partial charge in [0, 0.05) is 37.8 Å². The van der Waals surface area contributed by atoms with Crippen LogP contribution >= 0.6 is 11.3 Å². The number of thiazole rings is 1. The van der Waals surface area contributed by atoms with Crippen molar-refractivity contribution < 1.29 is 4.74 Å². The van der Waals surface area contributed by atoms with E-state index in [4.69, 9.17) is 10.5 Å². The standard InChI is InChI=1S/C19H27N5OS/c1-15(2)14-25-17-5-3-16(4-6-17)13-22-18(20)23-8-10-24(11-9-23)19-21-7-12-26-19/h3-7,12,15H,8-11,13-14H2,1-2H3,(H2,20,22). The summed E-state index contributed by atoms with van der Waals surface area (Å²) >= 11 is 1.68. The molecule has 0 atom stereocenters. The van der Waals surface area contributed by atoms with Gasteiger partial charge in [-0.1, -0.05) is 26.0 Å². The van der Waals surface area contributed by atoms with E-state index in [0.717, 1.165) is 49.2 Å². The van der Waals surface area contributed by atoms with Gasteiger partial charge in [-0.15, -0.1) is 11.3 Å². The first-order valence-corrected chi connectivity index (χ1v) is 9.91. The summed E-state index contributed by atoms with van der Waals surface area (Å²) in [6, 6.07) is 8.09. The molecule has 140 valence electrons. The third-order valence-electron chi connectivity index (χ3n) is 4.22. The number of hydrogen-bond donors (Lipinski definition) is 1. The molecule has 1 aromatic carbocycles. The van der Waals surface area contributed by atoms with E-state index in [1.165, 1.54) is 0 Å². The zero-order chi connectivity index (χ0) is 18.4. The minimum absolute atomic E-state index is 0.523. The monoisotopic (exact) mass is 373 g/mol. The molecule has 1 saturated heterocycles. The van der Waals surface area contributed by atoms with E-state index in [1.807, 2.05) is 35.8 Å². The topological polar surface area (TPSA) is 67.0 Å². The second-order valence-corrected chi connectivity index (χ2v) is 7.69. The van der Waals surface area contributed by atoms with Crippen molar-refractivity contribution in [3.8, 4) is 5.75 Å². The van der Waals surface area contributed by atoms with Crippen molar-refractivity contribution in [1.29, 1.82) is 0 Å². The fraction of sp³-hybridized carbons (Fsp3) is 0.474. The van der Waals surface area contributed by atoms with Crippen LogP contribution in [0.5, 0.6) is 5.75 Å². The molecule has 1 aliphatic heterocycles. The third kappa shape index (κ3) is 5.11. The summed E-state index contributed by atoms with van der Waals surface area (Å²) in [5.74, 6) is 2.04. The van der Waals surface area contributed by atoms with Crippen LogP contribution in [0.25, 0.3) is 0 Å². The fourth-order valence-electron chi connectivity index (χ4n) is 2.73. The number of aromatic nitrogens is 1. The predicted octanol–water partition coefficient (Wildman–Crippen LogP) is 2.81. The van der Waals surface area contributed by atoms with Gasteiger partial charge >= 0.3 is 0 Å². The van der Waals surface area contributed by atoms with Gasteiger partial charge in [0.25, 0.3) is 0 Å². The molecule has 0 amide bonds. The molecule has 0 unspecified atom stereocenters. The number of rotatable bonds is 6. The van der Waals surface area contributed by atoms with Crippen LogP contribution in [-0.4, -0.2) is 48.6 Å². The molecular weight excluding hydrogens is 346 g/mol. The smallest absolute Gasteiger partial charge is 0.191 e. The van der Waals surface area contributed by atoms with E-state index in [9.17, 15) is 0 Å². The Hall–Kier alpha value is -2.28. The van der Waals surface area contributed by atoms with E-state index < -0.39 is 0 Å². The van der Waals surface area contributed by atoms with Crippen molar-refractivity contribution in [3.05, 3.63) is 41.4 Å². The fourth-order valence-corrected chi connectivity index (χ4v) is 3.42. The maximum absolute atomic E-state index is 6.19. The lowest BCUT2D eigenvalue weighted by atomic mass is 10.2. The largest absolute Gasteiger partial charge is 0.493 e. The van der Waals surface area contributed by atoms with Crippen LogP contribution in [0.1, 0.15) is 19.4 Å².